The predicted octanol–water partition coefficient (Wildman–Crippen LogP) is -0.791. The number of nitrogens with one attached hydrogen (secondary N) is 1. The maximum Gasteiger partial charge on any atom is 0.217 e. The molecule has 0 spiro atoms. The molecule has 0 saturated carbocycles. The molecule has 4 nitrogen and oxygen atoms in total. The molecule has 3 N–H and O–H groups in total. The van der Waals surface area contributed by atoms with E-state index in [1.54, 1.807) is 0 Å². The molecule has 0 aromatic heterocycles. The van der Waals surface area contributed by atoms with Gasteiger partial charge in [0.25, 0.3) is 0 Å². The summed E-state index contributed by atoms with van der Waals surface area (Å²) in [5, 5.41) is 0. The molecule has 0 aromatic rings. The number of unbranched alkanes of at least 4 members (excludes halogenated alkanes) is 3. The minimum Gasteiger partial charge on any atom is -0.391 e. The standard InChI is InChI=1S/C8H18N2O2Si/c9-7(11)5-3-1-2-4-6-8(12)10-13/h1-6H2,13H3,(H2,9,11)(H,10,12). The van der Waals surface area contributed by atoms with Crippen molar-refractivity contribution < 1.29 is 9.59 Å². The van der Waals surface area contributed by atoms with E-state index in [0.717, 1.165) is 36.1 Å². The van der Waals surface area contributed by atoms with Crippen LogP contribution in [0.5, 0.6) is 0 Å². The minimum atomic E-state index is -0.239. The van der Waals surface area contributed by atoms with Crippen LogP contribution in [-0.4, -0.2) is 22.2 Å². The zero-order valence-corrected chi connectivity index (χ0v) is 10.1. The molecule has 0 radical (unpaired) electrons. The molecule has 76 valence electrons. The van der Waals surface area contributed by atoms with Gasteiger partial charge in [0, 0.05) is 12.8 Å². The first-order chi connectivity index (χ1) is 6.16. The number of carbonyl (C=O) groups excluding carboxylic acids is 2. The third-order valence-corrected chi connectivity index (χ3v) is 2.41. The Hall–Kier alpha value is -0.843. The summed E-state index contributed by atoms with van der Waals surface area (Å²) in [5.41, 5.74) is 4.98. The van der Waals surface area contributed by atoms with Crippen molar-refractivity contribution >= 4 is 22.2 Å². The first-order valence-corrected chi connectivity index (χ1v) is 5.65. The molecule has 0 aliphatic rings. The number of hydrogen-bond acceptors (Lipinski definition) is 2. The summed E-state index contributed by atoms with van der Waals surface area (Å²) in [4.78, 5) is 23.9. The molecule has 5 heteroatoms. The van der Waals surface area contributed by atoms with Crippen LogP contribution in [0.15, 0.2) is 0 Å². The van der Waals surface area contributed by atoms with Gasteiger partial charge < -0.3 is 10.7 Å². The molecule has 0 heterocycles. The molecular weight excluding hydrogens is 184 g/mol. The van der Waals surface area contributed by atoms with Gasteiger partial charge >= 0.3 is 0 Å². The van der Waals surface area contributed by atoms with Crippen LogP contribution >= 0.6 is 0 Å². The minimum absolute atomic E-state index is 0.140. The number of amides is 2. The summed E-state index contributed by atoms with van der Waals surface area (Å²) in [6, 6.07) is 0. The number of rotatable bonds is 7. The third-order valence-electron chi connectivity index (χ3n) is 1.86. The molecular formula is C8H18N2O2Si. The van der Waals surface area contributed by atoms with Gasteiger partial charge in [-0.1, -0.05) is 12.8 Å². The van der Waals surface area contributed by atoms with E-state index < -0.39 is 0 Å². The molecule has 0 aliphatic heterocycles. The Kier molecular flexibility index (Phi) is 7.28. The Bertz CT molecular complexity index is 174. The molecule has 0 atom stereocenters. The fourth-order valence-electron chi connectivity index (χ4n) is 1.06. The highest BCUT2D eigenvalue weighted by atomic mass is 28.2. The van der Waals surface area contributed by atoms with Gasteiger partial charge in [0.2, 0.25) is 11.8 Å². The van der Waals surface area contributed by atoms with Crippen molar-refractivity contribution in [3.05, 3.63) is 0 Å². The maximum absolute atomic E-state index is 10.8. The van der Waals surface area contributed by atoms with E-state index in [4.69, 9.17) is 5.73 Å². The lowest BCUT2D eigenvalue weighted by Crippen LogP contribution is -2.18. The van der Waals surface area contributed by atoms with E-state index in [-0.39, 0.29) is 11.8 Å². The van der Waals surface area contributed by atoms with Crippen LogP contribution in [0.4, 0.5) is 0 Å². The lowest BCUT2D eigenvalue weighted by molar-refractivity contribution is -0.120. The summed E-state index contributed by atoms with van der Waals surface area (Å²) in [6.07, 6.45) is 4.82. The van der Waals surface area contributed by atoms with E-state index in [1.807, 2.05) is 0 Å². The van der Waals surface area contributed by atoms with Crippen LogP contribution in [0.3, 0.4) is 0 Å². The van der Waals surface area contributed by atoms with Crippen molar-refractivity contribution in [2.75, 3.05) is 0 Å². The number of hydrogen-bond donors (Lipinski definition) is 2. The second kappa shape index (κ2) is 7.79. The van der Waals surface area contributed by atoms with Gasteiger partial charge in [-0.15, -0.1) is 0 Å². The lowest BCUT2D eigenvalue weighted by atomic mass is 10.1. The van der Waals surface area contributed by atoms with Crippen LogP contribution in [0.25, 0.3) is 0 Å². The fourth-order valence-corrected chi connectivity index (χ4v) is 1.31. The SMILES string of the molecule is NC(=O)CCCCCCC(=O)N[SiH3]. The van der Waals surface area contributed by atoms with Crippen LogP contribution in [0.1, 0.15) is 38.5 Å². The summed E-state index contributed by atoms with van der Waals surface area (Å²) < 4.78 is 0. The van der Waals surface area contributed by atoms with E-state index >= 15 is 0 Å². The quantitative estimate of drug-likeness (QED) is 0.419. The Labute approximate surface area is 81.8 Å². The Morgan fingerprint density at radius 2 is 1.62 bits per heavy atom. The largest absolute Gasteiger partial charge is 0.391 e. The second-order valence-corrected chi connectivity index (χ2v) is 3.55. The van der Waals surface area contributed by atoms with Crippen LogP contribution in [0, 0.1) is 0 Å². The smallest absolute Gasteiger partial charge is 0.217 e. The lowest BCUT2D eigenvalue weighted by Gasteiger charge is -1.99. The summed E-state index contributed by atoms with van der Waals surface area (Å²) >= 11 is 0. The molecule has 2 amide bonds. The van der Waals surface area contributed by atoms with Crippen LogP contribution in [0.2, 0.25) is 0 Å². The monoisotopic (exact) mass is 202 g/mol. The number of primary amides is 1. The van der Waals surface area contributed by atoms with Crippen molar-refractivity contribution in [1.82, 2.24) is 4.98 Å². The van der Waals surface area contributed by atoms with Gasteiger partial charge in [-0.3, -0.25) is 9.59 Å². The average Bonchev–Trinajstić information content (AvgIpc) is 2.10. The van der Waals surface area contributed by atoms with Gasteiger partial charge in [0.15, 0.2) is 0 Å². The normalized spacial score (nSPS) is 9.85. The second-order valence-electron chi connectivity index (χ2n) is 3.05. The van der Waals surface area contributed by atoms with Crippen molar-refractivity contribution in [1.29, 1.82) is 0 Å². The van der Waals surface area contributed by atoms with Gasteiger partial charge in [-0.2, -0.15) is 0 Å². The zero-order valence-electron chi connectivity index (χ0n) is 8.14. The molecule has 0 aliphatic carbocycles. The molecule has 0 aromatic carbocycles. The van der Waals surface area contributed by atoms with Crippen molar-refractivity contribution in [2.24, 2.45) is 5.73 Å². The summed E-state index contributed by atoms with van der Waals surface area (Å²) in [5.74, 6) is -0.0983. The van der Waals surface area contributed by atoms with Crippen LogP contribution < -0.4 is 10.7 Å². The molecule has 0 unspecified atom stereocenters. The first kappa shape index (κ1) is 12.2. The Balaban J connectivity index is 3.08. The van der Waals surface area contributed by atoms with E-state index in [2.05, 4.69) is 4.98 Å². The molecule has 0 fully saturated rings. The van der Waals surface area contributed by atoms with Gasteiger partial charge in [0.1, 0.15) is 10.4 Å². The molecule has 0 saturated heterocycles. The van der Waals surface area contributed by atoms with E-state index in [9.17, 15) is 9.59 Å². The highest BCUT2D eigenvalue weighted by Crippen LogP contribution is 2.04. The highest BCUT2D eigenvalue weighted by molar-refractivity contribution is 6.14. The fraction of sp³-hybridized carbons (Fsp3) is 0.750. The van der Waals surface area contributed by atoms with Gasteiger partial charge in [0.05, 0.1) is 0 Å². The Morgan fingerprint density at radius 1 is 1.08 bits per heavy atom. The molecule has 13 heavy (non-hydrogen) atoms. The van der Waals surface area contributed by atoms with Crippen LogP contribution in [-0.2, 0) is 9.59 Å². The highest BCUT2D eigenvalue weighted by Gasteiger charge is 1.97. The predicted molar refractivity (Wildman–Crippen MR) is 55.0 cm³/mol. The third kappa shape index (κ3) is 9.07. The molecule has 0 rings (SSSR count). The van der Waals surface area contributed by atoms with E-state index in [0.29, 0.717) is 12.8 Å². The van der Waals surface area contributed by atoms with Crippen molar-refractivity contribution in [3.8, 4) is 0 Å². The zero-order chi connectivity index (χ0) is 10.1. The Morgan fingerprint density at radius 3 is 2.08 bits per heavy atom. The van der Waals surface area contributed by atoms with Gasteiger partial charge in [-0.25, -0.2) is 0 Å². The van der Waals surface area contributed by atoms with Crippen molar-refractivity contribution in [3.63, 3.8) is 0 Å². The average molecular weight is 202 g/mol. The number of nitrogens with two attached hydrogens (primary N) is 1. The number of carbonyl (C=O) groups is 2. The van der Waals surface area contributed by atoms with Gasteiger partial charge in [-0.05, 0) is 12.8 Å². The maximum atomic E-state index is 10.8. The first-order valence-electron chi connectivity index (χ1n) is 4.65. The summed E-state index contributed by atoms with van der Waals surface area (Å²) in [7, 11) is 0.729. The van der Waals surface area contributed by atoms with Crippen molar-refractivity contribution in [2.45, 2.75) is 38.5 Å². The topological polar surface area (TPSA) is 72.2 Å². The van der Waals surface area contributed by atoms with E-state index in [1.165, 1.54) is 0 Å². The molecule has 0 bridgehead atoms. The summed E-state index contributed by atoms with van der Waals surface area (Å²) in [6.45, 7) is 0.